The molecule has 0 saturated heterocycles. The molecule has 22 heavy (non-hydrogen) atoms. The van der Waals surface area contributed by atoms with Crippen LogP contribution in [0.3, 0.4) is 0 Å². The first kappa shape index (κ1) is 16.2. The van der Waals surface area contributed by atoms with Gasteiger partial charge in [0.15, 0.2) is 0 Å². The number of rotatable bonds is 7. The molecule has 0 saturated carbocycles. The third kappa shape index (κ3) is 4.97. The number of halogens is 1. The number of hydrogen-bond donors (Lipinski definition) is 1. The van der Waals surface area contributed by atoms with Gasteiger partial charge in [0.2, 0.25) is 0 Å². The molecule has 0 aliphatic rings. The van der Waals surface area contributed by atoms with Crippen LogP contribution in [0, 0.1) is 0 Å². The van der Waals surface area contributed by atoms with Gasteiger partial charge in [-0.05, 0) is 55.0 Å². The molecular weight excluding hydrogens is 302 g/mol. The van der Waals surface area contributed by atoms with Gasteiger partial charge in [0.1, 0.15) is 5.75 Å². The lowest BCUT2D eigenvalue weighted by Crippen LogP contribution is -2.07. The monoisotopic (exact) mass is 319 g/mol. The van der Waals surface area contributed by atoms with Crippen LogP contribution in [0.25, 0.3) is 0 Å². The lowest BCUT2D eigenvalue weighted by molar-refractivity contribution is 0.0600. The fourth-order valence-corrected chi connectivity index (χ4v) is 1.99. The molecule has 4 nitrogen and oxygen atoms in total. The Balaban J connectivity index is 1.68. The normalized spacial score (nSPS) is 10.1. The van der Waals surface area contributed by atoms with Crippen molar-refractivity contribution in [3.05, 3.63) is 59.1 Å². The Morgan fingerprint density at radius 1 is 1.09 bits per heavy atom. The number of carbonyl (C=O) groups is 1. The van der Waals surface area contributed by atoms with Crippen molar-refractivity contribution >= 4 is 23.3 Å². The van der Waals surface area contributed by atoms with Gasteiger partial charge >= 0.3 is 5.97 Å². The fraction of sp³-hybridized carbons (Fsp3) is 0.235. The van der Waals surface area contributed by atoms with Crippen LogP contribution in [0.15, 0.2) is 48.5 Å². The molecule has 0 spiro atoms. The minimum atomic E-state index is -0.348. The zero-order valence-corrected chi connectivity index (χ0v) is 13.1. The SMILES string of the molecule is COC(=O)c1ccc(OCCCNc2ccc(Cl)cc2)cc1. The maximum absolute atomic E-state index is 11.3. The van der Waals surface area contributed by atoms with Crippen molar-refractivity contribution in [3.8, 4) is 5.75 Å². The number of ether oxygens (including phenoxy) is 2. The lowest BCUT2D eigenvalue weighted by Gasteiger charge is -2.08. The van der Waals surface area contributed by atoms with Crippen molar-refractivity contribution in [3.63, 3.8) is 0 Å². The van der Waals surface area contributed by atoms with Gasteiger partial charge in [0, 0.05) is 17.3 Å². The summed E-state index contributed by atoms with van der Waals surface area (Å²) in [5.74, 6) is 0.387. The third-order valence-corrected chi connectivity index (χ3v) is 3.29. The van der Waals surface area contributed by atoms with Crippen molar-refractivity contribution in [1.82, 2.24) is 0 Å². The molecule has 1 N–H and O–H groups in total. The number of esters is 1. The van der Waals surface area contributed by atoms with Gasteiger partial charge in [-0.15, -0.1) is 0 Å². The van der Waals surface area contributed by atoms with E-state index in [-0.39, 0.29) is 5.97 Å². The lowest BCUT2D eigenvalue weighted by atomic mass is 10.2. The number of benzene rings is 2. The van der Waals surface area contributed by atoms with E-state index in [2.05, 4.69) is 10.1 Å². The van der Waals surface area contributed by atoms with Gasteiger partial charge < -0.3 is 14.8 Å². The highest BCUT2D eigenvalue weighted by Crippen LogP contribution is 2.14. The zero-order valence-electron chi connectivity index (χ0n) is 12.3. The van der Waals surface area contributed by atoms with E-state index < -0.39 is 0 Å². The second-order valence-electron chi connectivity index (χ2n) is 4.65. The Hall–Kier alpha value is -2.20. The molecule has 0 amide bonds. The van der Waals surface area contributed by atoms with E-state index in [9.17, 15) is 4.79 Å². The minimum absolute atomic E-state index is 0.348. The van der Waals surface area contributed by atoms with E-state index in [1.54, 1.807) is 24.3 Å². The summed E-state index contributed by atoms with van der Waals surface area (Å²) in [6.45, 7) is 1.40. The summed E-state index contributed by atoms with van der Waals surface area (Å²) >= 11 is 5.83. The topological polar surface area (TPSA) is 47.6 Å². The summed E-state index contributed by atoms with van der Waals surface area (Å²) < 4.78 is 10.3. The van der Waals surface area contributed by atoms with Crippen LogP contribution in [0.2, 0.25) is 5.02 Å². The summed E-state index contributed by atoms with van der Waals surface area (Å²) in [4.78, 5) is 11.3. The van der Waals surface area contributed by atoms with Gasteiger partial charge in [-0.3, -0.25) is 0 Å². The smallest absolute Gasteiger partial charge is 0.337 e. The summed E-state index contributed by atoms with van der Waals surface area (Å²) in [7, 11) is 1.36. The van der Waals surface area contributed by atoms with Crippen LogP contribution in [0.4, 0.5) is 5.69 Å². The van der Waals surface area contributed by atoms with Crippen molar-refractivity contribution in [1.29, 1.82) is 0 Å². The van der Waals surface area contributed by atoms with Crippen LogP contribution in [-0.2, 0) is 4.74 Å². The summed E-state index contributed by atoms with van der Waals surface area (Å²) in [6.07, 6.45) is 0.862. The second kappa shape index (κ2) is 8.29. The maximum Gasteiger partial charge on any atom is 0.337 e. The first-order valence-electron chi connectivity index (χ1n) is 6.99. The van der Waals surface area contributed by atoms with Gasteiger partial charge in [-0.2, -0.15) is 0 Å². The van der Waals surface area contributed by atoms with Crippen LogP contribution in [0.1, 0.15) is 16.8 Å². The molecule has 0 radical (unpaired) electrons. The molecule has 0 heterocycles. The van der Waals surface area contributed by atoms with E-state index >= 15 is 0 Å². The Labute approximate surface area is 135 Å². The second-order valence-corrected chi connectivity index (χ2v) is 5.09. The standard InChI is InChI=1S/C17H18ClNO3/c1-21-17(20)13-3-9-16(10-4-13)22-12-2-11-19-15-7-5-14(18)6-8-15/h3-10,19H,2,11-12H2,1H3. The molecule has 0 aliphatic heterocycles. The van der Waals surface area contributed by atoms with E-state index in [0.29, 0.717) is 12.2 Å². The Morgan fingerprint density at radius 2 is 1.77 bits per heavy atom. The predicted octanol–water partition coefficient (Wildman–Crippen LogP) is 4.01. The molecule has 0 aliphatic carbocycles. The van der Waals surface area contributed by atoms with E-state index in [4.69, 9.17) is 16.3 Å². The average molecular weight is 320 g/mol. The average Bonchev–Trinajstić information content (AvgIpc) is 2.56. The molecular formula is C17H18ClNO3. The van der Waals surface area contributed by atoms with E-state index in [0.717, 1.165) is 29.4 Å². The van der Waals surface area contributed by atoms with Crippen molar-refractivity contribution in [2.24, 2.45) is 0 Å². The zero-order chi connectivity index (χ0) is 15.8. The van der Waals surface area contributed by atoms with Gasteiger partial charge in [-0.1, -0.05) is 11.6 Å². The Morgan fingerprint density at radius 3 is 2.41 bits per heavy atom. The molecule has 0 atom stereocenters. The van der Waals surface area contributed by atoms with Crippen LogP contribution in [-0.4, -0.2) is 26.2 Å². The van der Waals surface area contributed by atoms with Crippen LogP contribution in [0.5, 0.6) is 5.75 Å². The van der Waals surface area contributed by atoms with Crippen molar-refractivity contribution < 1.29 is 14.3 Å². The maximum atomic E-state index is 11.3. The fourth-order valence-electron chi connectivity index (χ4n) is 1.87. The molecule has 0 bridgehead atoms. The quantitative estimate of drug-likeness (QED) is 0.619. The van der Waals surface area contributed by atoms with E-state index in [1.807, 2.05) is 24.3 Å². The first-order valence-corrected chi connectivity index (χ1v) is 7.37. The molecule has 5 heteroatoms. The number of methoxy groups -OCH3 is 1. The summed E-state index contributed by atoms with van der Waals surface area (Å²) in [5.41, 5.74) is 1.55. The largest absolute Gasteiger partial charge is 0.494 e. The first-order chi connectivity index (χ1) is 10.7. The Bertz CT molecular complexity index is 596. The van der Waals surface area contributed by atoms with Crippen LogP contribution >= 0.6 is 11.6 Å². The summed E-state index contributed by atoms with van der Waals surface area (Å²) in [6, 6.07) is 14.5. The molecule has 0 aromatic heterocycles. The van der Waals surface area contributed by atoms with Crippen molar-refractivity contribution in [2.75, 3.05) is 25.6 Å². The molecule has 2 aromatic carbocycles. The van der Waals surface area contributed by atoms with E-state index in [1.165, 1.54) is 7.11 Å². The number of hydrogen-bond acceptors (Lipinski definition) is 4. The highest BCUT2D eigenvalue weighted by Gasteiger charge is 2.04. The molecule has 2 aromatic rings. The van der Waals surface area contributed by atoms with Crippen molar-refractivity contribution in [2.45, 2.75) is 6.42 Å². The molecule has 0 unspecified atom stereocenters. The number of anilines is 1. The van der Waals surface area contributed by atoms with Gasteiger partial charge in [-0.25, -0.2) is 4.79 Å². The molecule has 2 rings (SSSR count). The summed E-state index contributed by atoms with van der Waals surface area (Å²) in [5, 5.41) is 4.02. The minimum Gasteiger partial charge on any atom is -0.494 e. The molecule has 116 valence electrons. The van der Waals surface area contributed by atoms with Gasteiger partial charge in [0.05, 0.1) is 19.3 Å². The highest BCUT2D eigenvalue weighted by atomic mass is 35.5. The third-order valence-electron chi connectivity index (χ3n) is 3.04. The molecule has 0 fully saturated rings. The van der Waals surface area contributed by atoms with Crippen LogP contribution < -0.4 is 10.1 Å². The van der Waals surface area contributed by atoms with Gasteiger partial charge in [0.25, 0.3) is 0 Å². The number of nitrogens with one attached hydrogen (secondary N) is 1. The highest BCUT2D eigenvalue weighted by molar-refractivity contribution is 6.30. The Kier molecular flexibility index (Phi) is 6.10. The number of carbonyl (C=O) groups excluding carboxylic acids is 1. The predicted molar refractivity (Wildman–Crippen MR) is 87.8 cm³/mol.